The molecule has 3 nitrogen and oxygen atoms in total. The number of nitrogens with zero attached hydrogens (tertiary/aromatic N) is 3. The lowest BCUT2D eigenvalue weighted by Gasteiger charge is -2.17. The SMILES string of the molecule is Brc1ccc(-c2nc(-c3ccncc3)nc(-c3ccccc3)c2-c2ccccc2)cc1. The molecule has 0 aliphatic heterocycles. The summed E-state index contributed by atoms with van der Waals surface area (Å²) in [5.41, 5.74) is 6.94. The van der Waals surface area contributed by atoms with Crippen molar-refractivity contribution in [3.8, 4) is 45.0 Å². The maximum Gasteiger partial charge on any atom is 0.160 e. The van der Waals surface area contributed by atoms with E-state index in [2.05, 4.69) is 57.3 Å². The van der Waals surface area contributed by atoms with Crippen LogP contribution in [0.4, 0.5) is 0 Å². The van der Waals surface area contributed by atoms with Crippen molar-refractivity contribution < 1.29 is 0 Å². The van der Waals surface area contributed by atoms with E-state index >= 15 is 0 Å². The fraction of sp³-hybridized carbons (Fsp3) is 0. The zero-order chi connectivity index (χ0) is 21.0. The number of rotatable bonds is 4. The zero-order valence-corrected chi connectivity index (χ0v) is 18.2. The summed E-state index contributed by atoms with van der Waals surface area (Å²) in [4.78, 5) is 14.2. The van der Waals surface area contributed by atoms with Crippen molar-refractivity contribution in [2.75, 3.05) is 0 Å². The summed E-state index contributed by atoms with van der Waals surface area (Å²) >= 11 is 3.54. The normalized spacial score (nSPS) is 10.7. The Hall–Kier alpha value is -3.63. The summed E-state index contributed by atoms with van der Waals surface area (Å²) in [7, 11) is 0. The Morgan fingerprint density at radius 3 is 1.58 bits per heavy atom. The van der Waals surface area contributed by atoms with Gasteiger partial charge in [-0.05, 0) is 29.8 Å². The van der Waals surface area contributed by atoms with Gasteiger partial charge < -0.3 is 0 Å². The summed E-state index contributed by atoms with van der Waals surface area (Å²) in [6, 6.07) is 32.8. The van der Waals surface area contributed by atoms with Gasteiger partial charge in [0.05, 0.1) is 11.4 Å². The molecule has 4 heteroatoms. The first-order valence-corrected chi connectivity index (χ1v) is 10.8. The van der Waals surface area contributed by atoms with Crippen LogP contribution in [0.1, 0.15) is 0 Å². The fourth-order valence-electron chi connectivity index (χ4n) is 3.59. The van der Waals surface area contributed by atoms with E-state index < -0.39 is 0 Å². The third-order valence-corrected chi connectivity index (χ3v) is 5.60. The van der Waals surface area contributed by atoms with Crippen LogP contribution in [0.25, 0.3) is 45.0 Å². The third kappa shape index (κ3) is 4.03. The van der Waals surface area contributed by atoms with Crippen molar-refractivity contribution >= 4 is 15.9 Å². The van der Waals surface area contributed by atoms with E-state index in [-0.39, 0.29) is 0 Å². The summed E-state index contributed by atoms with van der Waals surface area (Å²) < 4.78 is 1.03. The van der Waals surface area contributed by atoms with E-state index in [1.807, 2.05) is 60.7 Å². The Morgan fingerprint density at radius 1 is 0.484 bits per heavy atom. The van der Waals surface area contributed by atoms with Crippen LogP contribution < -0.4 is 0 Å². The maximum absolute atomic E-state index is 5.05. The minimum absolute atomic E-state index is 0.679. The predicted octanol–water partition coefficient (Wildman–Crippen LogP) is 7.30. The van der Waals surface area contributed by atoms with Crippen molar-refractivity contribution in [3.05, 3.63) is 114 Å². The molecule has 5 rings (SSSR count). The van der Waals surface area contributed by atoms with Crippen LogP contribution in [0.3, 0.4) is 0 Å². The molecule has 0 saturated carbocycles. The van der Waals surface area contributed by atoms with Gasteiger partial charge in [-0.3, -0.25) is 4.98 Å². The molecule has 0 spiro atoms. The molecular formula is C27H18BrN3. The summed E-state index contributed by atoms with van der Waals surface area (Å²) in [5, 5.41) is 0. The number of aromatic nitrogens is 3. The number of benzene rings is 3. The van der Waals surface area contributed by atoms with Crippen LogP contribution in [0.2, 0.25) is 0 Å². The number of halogens is 1. The molecule has 31 heavy (non-hydrogen) atoms. The first kappa shape index (κ1) is 19.3. The van der Waals surface area contributed by atoms with E-state index in [1.54, 1.807) is 12.4 Å². The van der Waals surface area contributed by atoms with E-state index in [9.17, 15) is 0 Å². The Bertz CT molecular complexity index is 1300. The van der Waals surface area contributed by atoms with Gasteiger partial charge >= 0.3 is 0 Å². The van der Waals surface area contributed by atoms with Crippen LogP contribution >= 0.6 is 15.9 Å². The minimum atomic E-state index is 0.679. The third-order valence-electron chi connectivity index (χ3n) is 5.07. The average molecular weight is 464 g/mol. The lowest BCUT2D eigenvalue weighted by molar-refractivity contribution is 1.18. The molecule has 0 atom stereocenters. The van der Waals surface area contributed by atoms with Gasteiger partial charge in [0, 0.05) is 39.1 Å². The van der Waals surface area contributed by atoms with Gasteiger partial charge in [0.2, 0.25) is 0 Å². The molecular weight excluding hydrogens is 446 g/mol. The topological polar surface area (TPSA) is 38.7 Å². The lowest BCUT2D eigenvalue weighted by Crippen LogP contribution is -2.00. The van der Waals surface area contributed by atoms with Gasteiger partial charge in [0.15, 0.2) is 5.82 Å². The highest BCUT2D eigenvalue weighted by molar-refractivity contribution is 9.10. The summed E-state index contributed by atoms with van der Waals surface area (Å²) in [6.45, 7) is 0. The van der Waals surface area contributed by atoms with E-state index in [0.29, 0.717) is 5.82 Å². The monoisotopic (exact) mass is 463 g/mol. The minimum Gasteiger partial charge on any atom is -0.265 e. The molecule has 0 aliphatic carbocycles. The molecule has 2 heterocycles. The van der Waals surface area contributed by atoms with Gasteiger partial charge in [-0.2, -0.15) is 0 Å². The molecule has 3 aromatic carbocycles. The highest BCUT2D eigenvalue weighted by Gasteiger charge is 2.19. The second kappa shape index (κ2) is 8.62. The second-order valence-electron chi connectivity index (χ2n) is 7.09. The van der Waals surface area contributed by atoms with Crippen LogP contribution in [-0.4, -0.2) is 15.0 Å². The highest BCUT2D eigenvalue weighted by Crippen LogP contribution is 2.39. The van der Waals surface area contributed by atoms with Gasteiger partial charge in [-0.1, -0.05) is 88.7 Å². The molecule has 0 bridgehead atoms. The average Bonchev–Trinajstić information content (AvgIpc) is 2.85. The molecule has 0 fully saturated rings. The Kier molecular flexibility index (Phi) is 5.38. The Labute approximate surface area is 189 Å². The quantitative estimate of drug-likeness (QED) is 0.280. The zero-order valence-electron chi connectivity index (χ0n) is 16.6. The van der Waals surface area contributed by atoms with E-state index in [1.165, 1.54) is 0 Å². The molecule has 0 saturated heterocycles. The molecule has 5 aromatic rings. The molecule has 0 aliphatic rings. The maximum atomic E-state index is 5.05. The largest absolute Gasteiger partial charge is 0.265 e. The molecule has 2 aromatic heterocycles. The second-order valence-corrected chi connectivity index (χ2v) is 8.01. The highest BCUT2D eigenvalue weighted by atomic mass is 79.9. The summed E-state index contributed by atoms with van der Waals surface area (Å²) in [5.74, 6) is 0.679. The first-order valence-electron chi connectivity index (χ1n) is 9.99. The van der Waals surface area contributed by atoms with Crippen molar-refractivity contribution in [1.82, 2.24) is 15.0 Å². The molecule has 0 amide bonds. The summed E-state index contributed by atoms with van der Waals surface area (Å²) in [6.07, 6.45) is 3.54. The van der Waals surface area contributed by atoms with Crippen molar-refractivity contribution in [3.63, 3.8) is 0 Å². The number of pyridine rings is 1. The number of hydrogen-bond acceptors (Lipinski definition) is 3. The van der Waals surface area contributed by atoms with Crippen molar-refractivity contribution in [2.45, 2.75) is 0 Å². The molecule has 0 N–H and O–H groups in total. The first-order chi connectivity index (χ1) is 15.3. The van der Waals surface area contributed by atoms with Crippen LogP contribution in [-0.2, 0) is 0 Å². The van der Waals surface area contributed by atoms with Crippen LogP contribution in [0, 0.1) is 0 Å². The van der Waals surface area contributed by atoms with Crippen LogP contribution in [0.15, 0.2) is 114 Å². The van der Waals surface area contributed by atoms with Crippen LogP contribution in [0.5, 0.6) is 0 Å². The van der Waals surface area contributed by atoms with Crippen molar-refractivity contribution in [1.29, 1.82) is 0 Å². The van der Waals surface area contributed by atoms with E-state index in [0.717, 1.165) is 43.7 Å². The molecule has 148 valence electrons. The van der Waals surface area contributed by atoms with Gasteiger partial charge in [-0.15, -0.1) is 0 Å². The molecule has 0 unspecified atom stereocenters. The smallest absolute Gasteiger partial charge is 0.160 e. The Balaban J connectivity index is 1.87. The number of hydrogen-bond donors (Lipinski definition) is 0. The predicted molar refractivity (Wildman–Crippen MR) is 129 cm³/mol. The van der Waals surface area contributed by atoms with Gasteiger partial charge in [0.25, 0.3) is 0 Å². The lowest BCUT2D eigenvalue weighted by atomic mass is 9.94. The molecule has 0 radical (unpaired) electrons. The standard InChI is InChI=1S/C27H18BrN3/c28-23-13-11-21(12-14-23)26-24(19-7-3-1-4-8-19)25(20-9-5-2-6-10-20)30-27(31-26)22-15-17-29-18-16-22/h1-18H. The van der Waals surface area contributed by atoms with E-state index in [4.69, 9.17) is 9.97 Å². The van der Waals surface area contributed by atoms with Gasteiger partial charge in [0.1, 0.15) is 0 Å². The van der Waals surface area contributed by atoms with Gasteiger partial charge in [-0.25, -0.2) is 9.97 Å². The van der Waals surface area contributed by atoms with Crippen molar-refractivity contribution in [2.24, 2.45) is 0 Å². The Morgan fingerprint density at radius 2 is 1.00 bits per heavy atom. The fourth-order valence-corrected chi connectivity index (χ4v) is 3.85.